The van der Waals surface area contributed by atoms with E-state index in [2.05, 4.69) is 22.1 Å². The van der Waals surface area contributed by atoms with Gasteiger partial charge in [-0.1, -0.05) is 37.3 Å². The molecule has 2 aromatic heterocycles. The molecule has 0 saturated carbocycles. The molecular formula is C24H27N5O2. The third kappa shape index (κ3) is 4.60. The van der Waals surface area contributed by atoms with Crippen LogP contribution in [0.1, 0.15) is 32.0 Å². The molecule has 0 aliphatic carbocycles. The van der Waals surface area contributed by atoms with Crippen LogP contribution < -0.4 is 15.4 Å². The van der Waals surface area contributed by atoms with Crippen LogP contribution in [0.15, 0.2) is 60.8 Å². The molecule has 2 amide bonds. The monoisotopic (exact) mass is 417 g/mol. The van der Waals surface area contributed by atoms with Gasteiger partial charge in [0, 0.05) is 31.3 Å². The largest absolute Gasteiger partial charge is 0.618 e. The predicted molar refractivity (Wildman–Crippen MR) is 123 cm³/mol. The Morgan fingerprint density at radius 3 is 2.68 bits per heavy atom. The van der Waals surface area contributed by atoms with Crippen LogP contribution in [0.25, 0.3) is 21.9 Å². The molecule has 0 fully saturated rings. The lowest BCUT2D eigenvalue weighted by molar-refractivity contribution is -0.575. The van der Waals surface area contributed by atoms with Gasteiger partial charge in [0.05, 0.1) is 10.9 Å². The van der Waals surface area contributed by atoms with Crippen LogP contribution in [0, 0.1) is 5.21 Å². The zero-order valence-corrected chi connectivity index (χ0v) is 17.7. The summed E-state index contributed by atoms with van der Waals surface area (Å²) in [6.07, 6.45) is 5.16. The van der Waals surface area contributed by atoms with Gasteiger partial charge < -0.3 is 20.4 Å². The minimum atomic E-state index is -0.197. The number of carbonyl (C=O) groups is 1. The van der Waals surface area contributed by atoms with Crippen LogP contribution in [0.2, 0.25) is 0 Å². The molecule has 0 spiro atoms. The Balaban J connectivity index is 1.43. The topological polar surface area (TPSA) is 85.9 Å². The third-order valence-corrected chi connectivity index (χ3v) is 5.31. The summed E-state index contributed by atoms with van der Waals surface area (Å²) >= 11 is 0. The van der Waals surface area contributed by atoms with Gasteiger partial charge in [0.15, 0.2) is 5.52 Å². The molecule has 0 unspecified atom stereocenters. The Kier molecular flexibility index (Phi) is 6.31. The molecule has 0 saturated heterocycles. The van der Waals surface area contributed by atoms with Crippen molar-refractivity contribution in [2.24, 2.45) is 0 Å². The van der Waals surface area contributed by atoms with Gasteiger partial charge in [-0.05, 0) is 37.5 Å². The smallest absolute Gasteiger partial charge is 0.319 e. The van der Waals surface area contributed by atoms with Crippen LogP contribution in [0.5, 0.6) is 0 Å². The molecule has 0 atom stereocenters. The Hall–Kier alpha value is -3.61. The molecule has 4 rings (SSSR count). The number of nitrogens with zero attached hydrogens (tertiary/aromatic N) is 3. The molecule has 4 aromatic rings. The van der Waals surface area contributed by atoms with Crippen molar-refractivity contribution < 1.29 is 9.52 Å². The van der Waals surface area contributed by atoms with E-state index in [1.54, 1.807) is 6.20 Å². The number of urea groups is 1. The third-order valence-electron chi connectivity index (χ3n) is 5.31. The zero-order valence-electron chi connectivity index (χ0n) is 17.7. The number of carbonyl (C=O) groups excluding carboxylic acids is 1. The van der Waals surface area contributed by atoms with Crippen molar-refractivity contribution in [2.45, 2.75) is 39.2 Å². The number of nitrogens with one attached hydrogen (secondary N) is 2. The maximum absolute atomic E-state index is 12.4. The summed E-state index contributed by atoms with van der Waals surface area (Å²) in [5.74, 6) is 1.00. The average molecular weight is 418 g/mol. The summed E-state index contributed by atoms with van der Waals surface area (Å²) < 4.78 is 3.14. The van der Waals surface area contributed by atoms with E-state index in [-0.39, 0.29) is 6.03 Å². The van der Waals surface area contributed by atoms with Crippen molar-refractivity contribution in [1.82, 2.24) is 14.9 Å². The molecule has 0 bridgehead atoms. The standard InChI is InChI=1S/C24H27N5O2/c1-2-10-22-27-20-17-29(31)21-14-7-6-13-19(21)23(20)28(22)16-9-8-15-25-24(30)26-18-11-4-3-5-12-18/h3-7,11-14,17H,2,8-10,15-16H2,1H3,(H2,25,26,30). The van der Waals surface area contributed by atoms with Crippen LogP contribution >= 0.6 is 0 Å². The Morgan fingerprint density at radius 2 is 1.87 bits per heavy atom. The average Bonchev–Trinajstić information content (AvgIpc) is 3.11. The van der Waals surface area contributed by atoms with Gasteiger partial charge in [-0.15, -0.1) is 0 Å². The highest BCUT2D eigenvalue weighted by Gasteiger charge is 2.17. The number of hydrogen-bond donors (Lipinski definition) is 2. The highest BCUT2D eigenvalue weighted by molar-refractivity contribution is 6.00. The Bertz CT molecular complexity index is 1190. The van der Waals surface area contributed by atoms with Crippen molar-refractivity contribution in [3.63, 3.8) is 0 Å². The molecule has 2 heterocycles. The summed E-state index contributed by atoms with van der Waals surface area (Å²) in [4.78, 5) is 16.8. The van der Waals surface area contributed by atoms with Gasteiger partial charge in [-0.2, -0.15) is 4.73 Å². The summed E-state index contributed by atoms with van der Waals surface area (Å²) in [5.41, 5.74) is 3.17. The van der Waals surface area contributed by atoms with Crippen molar-refractivity contribution >= 4 is 33.7 Å². The number of imidazole rings is 1. The van der Waals surface area contributed by atoms with Crippen LogP contribution in [0.3, 0.4) is 0 Å². The van der Waals surface area contributed by atoms with E-state index in [9.17, 15) is 10.0 Å². The van der Waals surface area contributed by atoms with Crippen molar-refractivity contribution in [3.05, 3.63) is 71.8 Å². The Labute approximate surface area is 181 Å². The fourth-order valence-corrected chi connectivity index (χ4v) is 3.89. The number of anilines is 1. The fraction of sp³-hybridized carbons (Fsp3) is 0.292. The molecular weight excluding hydrogens is 390 g/mol. The molecule has 2 N–H and O–H groups in total. The van der Waals surface area contributed by atoms with Gasteiger partial charge in [-0.3, -0.25) is 0 Å². The molecule has 0 radical (unpaired) electrons. The summed E-state index contributed by atoms with van der Waals surface area (Å²) in [5, 5.41) is 19.0. The molecule has 0 aliphatic rings. The number of amides is 2. The molecule has 0 aliphatic heterocycles. The number of benzene rings is 2. The van der Waals surface area contributed by atoms with Gasteiger partial charge in [-0.25, -0.2) is 9.78 Å². The first-order chi connectivity index (χ1) is 15.2. The summed E-state index contributed by atoms with van der Waals surface area (Å²) in [7, 11) is 0. The number of pyridine rings is 1. The van der Waals surface area contributed by atoms with E-state index in [1.807, 2.05) is 54.6 Å². The number of aryl methyl sites for hydroxylation is 2. The maximum Gasteiger partial charge on any atom is 0.319 e. The van der Waals surface area contributed by atoms with Gasteiger partial charge in [0.1, 0.15) is 5.82 Å². The van der Waals surface area contributed by atoms with Crippen molar-refractivity contribution in [3.8, 4) is 0 Å². The second-order valence-corrected chi connectivity index (χ2v) is 7.59. The number of para-hydroxylation sites is 2. The second-order valence-electron chi connectivity index (χ2n) is 7.59. The molecule has 2 aromatic carbocycles. The normalized spacial score (nSPS) is 11.1. The first-order valence-corrected chi connectivity index (χ1v) is 10.8. The lowest BCUT2D eigenvalue weighted by Crippen LogP contribution is -2.29. The van der Waals surface area contributed by atoms with E-state index < -0.39 is 0 Å². The number of fused-ring (bicyclic) bond motifs is 3. The van der Waals surface area contributed by atoms with E-state index in [0.717, 1.165) is 64.9 Å². The summed E-state index contributed by atoms with van der Waals surface area (Å²) in [6, 6.07) is 16.9. The quantitative estimate of drug-likeness (QED) is 0.253. The number of aromatic nitrogens is 3. The minimum absolute atomic E-state index is 0.197. The van der Waals surface area contributed by atoms with Gasteiger partial charge in [0.25, 0.3) is 0 Å². The molecule has 31 heavy (non-hydrogen) atoms. The van der Waals surface area contributed by atoms with Crippen LogP contribution in [0.4, 0.5) is 10.5 Å². The number of rotatable bonds is 8. The zero-order chi connectivity index (χ0) is 21.6. The first-order valence-electron chi connectivity index (χ1n) is 10.8. The maximum atomic E-state index is 12.4. The van der Waals surface area contributed by atoms with Crippen LogP contribution in [-0.4, -0.2) is 22.1 Å². The highest BCUT2D eigenvalue weighted by atomic mass is 16.5. The fourth-order valence-electron chi connectivity index (χ4n) is 3.89. The molecule has 160 valence electrons. The number of unbranched alkanes of at least 4 members (excludes halogenated alkanes) is 1. The molecule has 7 heteroatoms. The highest BCUT2D eigenvalue weighted by Crippen LogP contribution is 2.25. The van der Waals surface area contributed by atoms with E-state index in [1.165, 1.54) is 0 Å². The minimum Gasteiger partial charge on any atom is -0.618 e. The number of hydrogen-bond acceptors (Lipinski definition) is 3. The van der Waals surface area contributed by atoms with E-state index in [0.29, 0.717) is 12.1 Å². The lowest BCUT2D eigenvalue weighted by Gasteiger charge is -2.11. The van der Waals surface area contributed by atoms with E-state index >= 15 is 0 Å². The second kappa shape index (κ2) is 9.47. The van der Waals surface area contributed by atoms with Gasteiger partial charge >= 0.3 is 6.03 Å². The first kappa shape index (κ1) is 20.7. The van der Waals surface area contributed by atoms with Gasteiger partial charge in [0.2, 0.25) is 11.7 Å². The lowest BCUT2D eigenvalue weighted by atomic mass is 10.2. The Morgan fingerprint density at radius 1 is 1.10 bits per heavy atom. The SMILES string of the molecule is CCCc1nc2c[n+]([O-])c3ccccc3c2n1CCCCNC(=O)Nc1ccccc1. The van der Waals surface area contributed by atoms with Crippen molar-refractivity contribution in [1.29, 1.82) is 0 Å². The summed E-state index contributed by atoms with van der Waals surface area (Å²) in [6.45, 7) is 3.52. The van der Waals surface area contributed by atoms with E-state index in [4.69, 9.17) is 4.98 Å². The predicted octanol–water partition coefficient (Wildman–Crippen LogP) is 4.38. The van der Waals surface area contributed by atoms with Crippen molar-refractivity contribution in [2.75, 3.05) is 11.9 Å². The molecule has 7 nitrogen and oxygen atoms in total. The van der Waals surface area contributed by atoms with Crippen LogP contribution in [-0.2, 0) is 13.0 Å².